The number of benzene rings is 1. The van der Waals surface area contributed by atoms with E-state index in [2.05, 4.69) is 49.9 Å². The van der Waals surface area contributed by atoms with E-state index in [0.717, 1.165) is 72.9 Å². The Morgan fingerprint density at radius 2 is 1.89 bits per heavy atom. The zero-order valence-corrected chi connectivity index (χ0v) is 20.6. The van der Waals surface area contributed by atoms with Crippen LogP contribution in [0.2, 0.25) is 0 Å². The SMILES string of the molecule is C=C(c1nc2c(-c3ccc(F)s3)cncc2[nH]1)c1cc(-c2cncc(CN(C)C)c2)ccc1NC. The Morgan fingerprint density at radius 3 is 2.63 bits per heavy atom. The van der Waals surface area contributed by atoms with Gasteiger partial charge in [0.25, 0.3) is 0 Å². The van der Waals surface area contributed by atoms with Gasteiger partial charge in [-0.25, -0.2) is 4.98 Å². The number of aromatic amines is 1. The largest absolute Gasteiger partial charge is 0.388 e. The maximum atomic E-state index is 13.7. The van der Waals surface area contributed by atoms with Gasteiger partial charge in [0.05, 0.1) is 11.7 Å². The summed E-state index contributed by atoms with van der Waals surface area (Å²) in [5.41, 5.74) is 8.14. The van der Waals surface area contributed by atoms with E-state index >= 15 is 0 Å². The molecule has 5 rings (SSSR count). The average Bonchev–Trinajstić information content (AvgIpc) is 3.49. The van der Waals surface area contributed by atoms with Crippen LogP contribution in [-0.4, -0.2) is 46.0 Å². The van der Waals surface area contributed by atoms with Crippen LogP contribution in [0.3, 0.4) is 0 Å². The van der Waals surface area contributed by atoms with Crippen LogP contribution in [0.25, 0.3) is 38.2 Å². The van der Waals surface area contributed by atoms with Crippen LogP contribution in [0, 0.1) is 5.13 Å². The fourth-order valence-corrected chi connectivity index (χ4v) is 4.87. The molecule has 8 heteroatoms. The Hall–Kier alpha value is -3.88. The maximum absolute atomic E-state index is 13.7. The first kappa shape index (κ1) is 22.9. The number of H-pyrrole nitrogens is 1. The molecule has 0 aliphatic heterocycles. The molecule has 5 aromatic rings. The van der Waals surface area contributed by atoms with E-state index < -0.39 is 0 Å². The van der Waals surface area contributed by atoms with Crippen LogP contribution < -0.4 is 5.32 Å². The van der Waals surface area contributed by atoms with Gasteiger partial charge in [0.1, 0.15) is 11.3 Å². The predicted molar refractivity (Wildman–Crippen MR) is 142 cm³/mol. The average molecular weight is 485 g/mol. The van der Waals surface area contributed by atoms with E-state index in [1.54, 1.807) is 18.5 Å². The molecule has 6 nitrogen and oxygen atoms in total. The molecule has 0 atom stereocenters. The molecule has 0 amide bonds. The highest BCUT2D eigenvalue weighted by atomic mass is 32.1. The van der Waals surface area contributed by atoms with Crippen LogP contribution in [-0.2, 0) is 6.54 Å². The van der Waals surface area contributed by atoms with Crippen molar-refractivity contribution in [3.8, 4) is 21.6 Å². The van der Waals surface area contributed by atoms with Gasteiger partial charge in [-0.2, -0.15) is 4.39 Å². The summed E-state index contributed by atoms with van der Waals surface area (Å²) < 4.78 is 13.7. The van der Waals surface area contributed by atoms with Crippen molar-refractivity contribution in [3.05, 3.63) is 89.8 Å². The molecule has 0 aliphatic carbocycles. The molecule has 0 radical (unpaired) electrons. The molecule has 4 aromatic heterocycles. The summed E-state index contributed by atoms with van der Waals surface area (Å²) in [4.78, 5) is 19.9. The first-order valence-corrected chi connectivity index (χ1v) is 11.9. The van der Waals surface area contributed by atoms with E-state index in [4.69, 9.17) is 4.98 Å². The van der Waals surface area contributed by atoms with Gasteiger partial charge >= 0.3 is 0 Å². The van der Waals surface area contributed by atoms with Gasteiger partial charge in [-0.15, -0.1) is 11.3 Å². The van der Waals surface area contributed by atoms with Crippen molar-refractivity contribution in [2.45, 2.75) is 6.54 Å². The van der Waals surface area contributed by atoms with Crippen molar-refractivity contribution in [2.75, 3.05) is 26.5 Å². The highest BCUT2D eigenvalue weighted by Gasteiger charge is 2.17. The number of anilines is 1. The topological polar surface area (TPSA) is 69.7 Å². The number of rotatable bonds is 7. The van der Waals surface area contributed by atoms with Gasteiger partial charge in [0.15, 0.2) is 5.13 Å². The van der Waals surface area contributed by atoms with Crippen LogP contribution in [0.4, 0.5) is 10.1 Å². The lowest BCUT2D eigenvalue weighted by molar-refractivity contribution is 0.402. The molecule has 2 N–H and O–H groups in total. The smallest absolute Gasteiger partial charge is 0.176 e. The minimum atomic E-state index is -0.239. The van der Waals surface area contributed by atoms with E-state index in [0.29, 0.717) is 5.82 Å². The molecule has 0 bridgehead atoms. The normalized spacial score (nSPS) is 11.3. The number of pyridine rings is 2. The first-order chi connectivity index (χ1) is 16.9. The number of hydrogen-bond acceptors (Lipinski definition) is 6. The van der Waals surface area contributed by atoms with Crippen LogP contribution in [0.15, 0.2) is 67.8 Å². The van der Waals surface area contributed by atoms with Gasteiger partial charge < -0.3 is 15.2 Å². The van der Waals surface area contributed by atoms with Gasteiger partial charge in [-0.3, -0.25) is 9.97 Å². The molecule has 0 unspecified atom stereocenters. The zero-order valence-electron chi connectivity index (χ0n) is 19.8. The van der Waals surface area contributed by atoms with Crippen LogP contribution in [0.5, 0.6) is 0 Å². The number of nitrogens with zero attached hydrogens (tertiary/aromatic N) is 4. The zero-order chi connectivity index (χ0) is 24.5. The molecule has 176 valence electrons. The maximum Gasteiger partial charge on any atom is 0.176 e. The second-order valence-corrected chi connectivity index (χ2v) is 9.61. The summed E-state index contributed by atoms with van der Waals surface area (Å²) in [7, 11) is 5.97. The van der Waals surface area contributed by atoms with Gasteiger partial charge in [-0.05, 0) is 55.6 Å². The second-order valence-electron chi connectivity index (χ2n) is 8.58. The summed E-state index contributed by atoms with van der Waals surface area (Å²) in [6, 6.07) is 11.6. The van der Waals surface area contributed by atoms with Gasteiger partial charge in [0, 0.05) is 65.0 Å². The quantitative estimate of drug-likeness (QED) is 0.294. The molecular formula is C27H25FN6S. The Bertz CT molecular complexity index is 1530. The van der Waals surface area contributed by atoms with Gasteiger partial charge in [0.2, 0.25) is 0 Å². The Balaban J connectivity index is 1.55. The fraction of sp³-hybridized carbons (Fsp3) is 0.148. The lowest BCUT2D eigenvalue weighted by Gasteiger charge is -2.14. The molecular weight excluding hydrogens is 459 g/mol. The Labute approximate surface area is 207 Å². The van der Waals surface area contributed by atoms with Crippen molar-refractivity contribution in [1.29, 1.82) is 0 Å². The standard InChI is InChI=1S/C27H25FN6S/c1-16(27-32-23-14-31-13-21(26(23)33-27)24-7-8-25(28)35-24)20-10-18(5-6-22(20)29-2)19-9-17(11-30-12-19)15-34(3)4/h5-14,29H,1,15H2,2-4H3,(H,32,33). The van der Waals surface area contributed by atoms with E-state index in [-0.39, 0.29) is 5.13 Å². The lowest BCUT2D eigenvalue weighted by atomic mass is 9.97. The third-order valence-corrected chi connectivity index (χ3v) is 6.67. The molecule has 4 heterocycles. The molecule has 0 aliphatic rings. The van der Waals surface area contributed by atoms with Crippen molar-refractivity contribution < 1.29 is 4.39 Å². The number of hydrogen-bond donors (Lipinski definition) is 2. The van der Waals surface area contributed by atoms with E-state index in [1.807, 2.05) is 39.6 Å². The molecule has 0 saturated carbocycles. The van der Waals surface area contributed by atoms with Gasteiger partial charge in [-0.1, -0.05) is 12.6 Å². The first-order valence-electron chi connectivity index (χ1n) is 11.1. The number of aromatic nitrogens is 4. The summed E-state index contributed by atoms with van der Waals surface area (Å²) in [6.45, 7) is 5.18. The van der Waals surface area contributed by atoms with E-state index in [9.17, 15) is 4.39 Å². The number of halogens is 1. The molecule has 1 aromatic carbocycles. The molecule has 0 fully saturated rings. The highest BCUT2D eigenvalue weighted by molar-refractivity contribution is 7.14. The Morgan fingerprint density at radius 1 is 1.06 bits per heavy atom. The number of imidazole rings is 1. The van der Waals surface area contributed by atoms with Crippen LogP contribution in [0.1, 0.15) is 17.0 Å². The number of thiophene rings is 1. The summed E-state index contributed by atoms with van der Waals surface area (Å²) in [5.74, 6) is 0.638. The van der Waals surface area contributed by atoms with Crippen molar-refractivity contribution in [1.82, 2.24) is 24.8 Å². The minimum absolute atomic E-state index is 0.239. The van der Waals surface area contributed by atoms with Crippen molar-refractivity contribution >= 4 is 33.6 Å². The van der Waals surface area contributed by atoms with Crippen LogP contribution >= 0.6 is 11.3 Å². The second kappa shape index (κ2) is 9.40. The molecule has 0 saturated heterocycles. The number of nitrogens with one attached hydrogen (secondary N) is 2. The highest BCUT2D eigenvalue weighted by Crippen LogP contribution is 2.35. The minimum Gasteiger partial charge on any atom is -0.388 e. The Kier molecular flexibility index (Phi) is 6.15. The summed E-state index contributed by atoms with van der Waals surface area (Å²) in [6.07, 6.45) is 7.21. The molecule has 0 spiro atoms. The predicted octanol–water partition coefficient (Wildman–Crippen LogP) is 6.05. The summed E-state index contributed by atoms with van der Waals surface area (Å²) in [5, 5.41) is 3.02. The van der Waals surface area contributed by atoms with Crippen molar-refractivity contribution in [2.24, 2.45) is 0 Å². The van der Waals surface area contributed by atoms with Crippen molar-refractivity contribution in [3.63, 3.8) is 0 Å². The van der Waals surface area contributed by atoms with E-state index in [1.165, 1.54) is 6.07 Å². The molecule has 35 heavy (non-hydrogen) atoms. The number of fused-ring (bicyclic) bond motifs is 1. The summed E-state index contributed by atoms with van der Waals surface area (Å²) >= 11 is 1.08. The third kappa shape index (κ3) is 4.58. The fourth-order valence-electron chi connectivity index (χ4n) is 4.13. The third-order valence-electron chi connectivity index (χ3n) is 5.76. The monoisotopic (exact) mass is 484 g/mol. The lowest BCUT2D eigenvalue weighted by Crippen LogP contribution is -2.10.